The van der Waals surface area contributed by atoms with Crippen LogP contribution in [-0.4, -0.2) is 41.0 Å². The van der Waals surface area contributed by atoms with Gasteiger partial charge in [-0.25, -0.2) is 9.78 Å². The smallest absolute Gasteiger partial charge is 0.350 e. The average Bonchev–Trinajstić information content (AvgIpc) is 3.44. The summed E-state index contributed by atoms with van der Waals surface area (Å²) in [5.74, 6) is -2.00. The van der Waals surface area contributed by atoms with E-state index in [0.717, 1.165) is 28.7 Å². The second-order valence-electron chi connectivity index (χ2n) is 8.75. The van der Waals surface area contributed by atoms with Crippen LogP contribution in [0.25, 0.3) is 5.76 Å². The number of halogens is 1. The summed E-state index contributed by atoms with van der Waals surface area (Å²) in [6.07, 6.45) is 3.37. The molecule has 4 rings (SSSR count). The molecule has 1 aliphatic rings. The number of carbonyl (C=O) groups excluding carboxylic acids is 3. The highest BCUT2D eigenvalue weighted by Gasteiger charge is 2.48. The lowest BCUT2D eigenvalue weighted by Gasteiger charge is -2.23. The van der Waals surface area contributed by atoms with Crippen molar-refractivity contribution in [2.45, 2.75) is 32.7 Å². The van der Waals surface area contributed by atoms with E-state index in [2.05, 4.69) is 34.4 Å². The molecule has 1 N–H and O–H groups in total. The second-order valence-corrected chi connectivity index (χ2v) is 10.6. The van der Waals surface area contributed by atoms with Crippen molar-refractivity contribution in [1.29, 1.82) is 0 Å². The number of nitrogens with zero attached hydrogens (tertiary/aromatic N) is 2. The van der Waals surface area contributed by atoms with Gasteiger partial charge in [0.25, 0.3) is 5.78 Å². The van der Waals surface area contributed by atoms with Crippen molar-refractivity contribution in [2.75, 3.05) is 18.1 Å². The van der Waals surface area contributed by atoms with Gasteiger partial charge in [-0.2, -0.15) is 0 Å². The van der Waals surface area contributed by atoms with Gasteiger partial charge in [-0.15, -0.1) is 0 Å². The molecule has 0 unspecified atom stereocenters. The van der Waals surface area contributed by atoms with E-state index in [1.165, 1.54) is 11.0 Å². The highest BCUT2D eigenvalue weighted by atomic mass is 79.9. The SMILES string of the molecule is C=CCOC(=O)c1sc(N2C(=O)C(=O)C(=C(O)c3ccc(OCCCC)cc3)[C@H]2c2cccc(Br)c2)nc1C. The van der Waals surface area contributed by atoms with Crippen LogP contribution in [0.4, 0.5) is 5.13 Å². The summed E-state index contributed by atoms with van der Waals surface area (Å²) in [7, 11) is 0. The van der Waals surface area contributed by atoms with Crippen molar-refractivity contribution in [2.24, 2.45) is 0 Å². The third-order valence-electron chi connectivity index (χ3n) is 6.01. The number of amides is 1. The topological polar surface area (TPSA) is 106 Å². The predicted molar refractivity (Wildman–Crippen MR) is 153 cm³/mol. The molecule has 1 atom stereocenters. The van der Waals surface area contributed by atoms with Crippen LogP contribution < -0.4 is 9.64 Å². The summed E-state index contributed by atoms with van der Waals surface area (Å²) in [6.45, 7) is 7.84. The number of hydrogen-bond donors (Lipinski definition) is 1. The Morgan fingerprint density at radius 1 is 1.23 bits per heavy atom. The first kappa shape index (κ1) is 28.3. The monoisotopic (exact) mass is 610 g/mol. The fraction of sp³-hybridized carbons (Fsp3) is 0.241. The van der Waals surface area contributed by atoms with E-state index in [1.807, 2.05) is 6.07 Å². The third-order valence-corrected chi connectivity index (χ3v) is 7.64. The summed E-state index contributed by atoms with van der Waals surface area (Å²) in [4.78, 5) is 45.2. The van der Waals surface area contributed by atoms with Crippen LogP contribution in [-0.2, 0) is 14.3 Å². The zero-order valence-corrected chi connectivity index (χ0v) is 23.9. The lowest BCUT2D eigenvalue weighted by atomic mass is 9.95. The van der Waals surface area contributed by atoms with Gasteiger partial charge in [0, 0.05) is 10.0 Å². The number of rotatable bonds is 10. The Morgan fingerprint density at radius 3 is 2.64 bits per heavy atom. The van der Waals surface area contributed by atoms with E-state index < -0.39 is 23.7 Å². The number of thiazole rings is 1. The molecule has 2 aromatic carbocycles. The molecule has 2 heterocycles. The molecule has 0 bridgehead atoms. The van der Waals surface area contributed by atoms with Gasteiger partial charge in [0.2, 0.25) is 0 Å². The van der Waals surface area contributed by atoms with E-state index in [0.29, 0.717) is 29.2 Å². The van der Waals surface area contributed by atoms with Crippen LogP contribution in [0.3, 0.4) is 0 Å². The minimum absolute atomic E-state index is 0.0243. The van der Waals surface area contributed by atoms with E-state index >= 15 is 0 Å². The molecule has 202 valence electrons. The van der Waals surface area contributed by atoms with Crippen LogP contribution in [0.2, 0.25) is 0 Å². The number of unbranched alkanes of at least 4 members (excludes halogenated alkanes) is 1. The van der Waals surface area contributed by atoms with Gasteiger partial charge in [0.05, 0.1) is 23.9 Å². The van der Waals surface area contributed by atoms with Gasteiger partial charge in [0.15, 0.2) is 5.13 Å². The lowest BCUT2D eigenvalue weighted by molar-refractivity contribution is -0.132. The Labute approximate surface area is 238 Å². The fourth-order valence-corrected chi connectivity index (χ4v) is 5.50. The Hall–Kier alpha value is -3.76. The van der Waals surface area contributed by atoms with E-state index in [9.17, 15) is 19.5 Å². The highest BCUT2D eigenvalue weighted by molar-refractivity contribution is 9.10. The molecule has 1 aromatic heterocycles. The summed E-state index contributed by atoms with van der Waals surface area (Å²) in [5, 5.41) is 11.5. The third kappa shape index (κ3) is 5.97. The number of aryl methyl sites for hydroxylation is 1. The lowest BCUT2D eigenvalue weighted by Crippen LogP contribution is -2.29. The van der Waals surface area contributed by atoms with Crippen LogP contribution in [0.1, 0.15) is 52.3 Å². The van der Waals surface area contributed by atoms with Gasteiger partial charge in [-0.1, -0.05) is 65.4 Å². The molecule has 10 heteroatoms. The Kier molecular flexibility index (Phi) is 8.98. The fourth-order valence-electron chi connectivity index (χ4n) is 4.10. The maximum Gasteiger partial charge on any atom is 0.350 e. The van der Waals surface area contributed by atoms with Crippen molar-refractivity contribution in [1.82, 2.24) is 4.98 Å². The van der Waals surface area contributed by atoms with E-state index in [4.69, 9.17) is 9.47 Å². The molecule has 1 fully saturated rings. The zero-order valence-electron chi connectivity index (χ0n) is 21.5. The van der Waals surface area contributed by atoms with E-state index in [-0.39, 0.29) is 27.9 Å². The molecule has 1 amide bonds. The number of benzene rings is 2. The number of aliphatic hydroxyl groups excluding tert-OH is 1. The molecule has 39 heavy (non-hydrogen) atoms. The van der Waals surface area contributed by atoms with Crippen LogP contribution in [0.5, 0.6) is 5.75 Å². The summed E-state index contributed by atoms with van der Waals surface area (Å²) >= 11 is 4.39. The zero-order chi connectivity index (χ0) is 28.1. The number of aromatic nitrogens is 1. The summed E-state index contributed by atoms with van der Waals surface area (Å²) in [6, 6.07) is 12.8. The van der Waals surface area contributed by atoms with Gasteiger partial charge < -0.3 is 14.6 Å². The maximum absolute atomic E-state index is 13.4. The molecular formula is C29H27BrN2O6S. The Morgan fingerprint density at radius 2 is 1.97 bits per heavy atom. The largest absolute Gasteiger partial charge is 0.507 e. The van der Waals surface area contributed by atoms with Crippen molar-refractivity contribution < 1.29 is 29.0 Å². The number of Topliss-reactive ketones (excluding diaryl/α,β-unsaturated/α-hetero) is 1. The first-order valence-electron chi connectivity index (χ1n) is 12.3. The van der Waals surface area contributed by atoms with Gasteiger partial charge in [-0.3, -0.25) is 14.5 Å². The van der Waals surface area contributed by atoms with Crippen molar-refractivity contribution >= 4 is 55.8 Å². The summed E-state index contributed by atoms with van der Waals surface area (Å²) in [5.41, 5.74) is 1.21. The minimum Gasteiger partial charge on any atom is -0.507 e. The standard InChI is InChI=1S/C29H27BrN2O6S/c1-4-6-15-37-21-12-10-18(11-13-21)24(33)22-23(19-8-7-9-20(30)16-19)32(27(35)25(22)34)29-31-17(3)26(39-29)28(36)38-14-5-2/h5,7-13,16,23,33H,2,4,6,14-15H2,1,3H3/t23-/m1/s1. The predicted octanol–water partition coefficient (Wildman–Crippen LogP) is 6.36. The number of hydrogen-bond acceptors (Lipinski definition) is 8. The molecule has 0 aliphatic carbocycles. The van der Waals surface area contributed by atoms with Crippen molar-refractivity contribution in [3.63, 3.8) is 0 Å². The number of aliphatic hydroxyl groups is 1. The first-order chi connectivity index (χ1) is 18.8. The van der Waals surface area contributed by atoms with Crippen LogP contribution >= 0.6 is 27.3 Å². The molecular weight excluding hydrogens is 584 g/mol. The molecule has 0 saturated carbocycles. The first-order valence-corrected chi connectivity index (χ1v) is 13.9. The molecule has 1 saturated heterocycles. The van der Waals surface area contributed by atoms with Gasteiger partial charge in [0.1, 0.15) is 23.0 Å². The number of carbonyl (C=O) groups is 3. The van der Waals surface area contributed by atoms with Crippen LogP contribution in [0.15, 0.2) is 71.2 Å². The molecule has 8 nitrogen and oxygen atoms in total. The maximum atomic E-state index is 13.4. The Bertz CT molecular complexity index is 1450. The van der Waals surface area contributed by atoms with Crippen molar-refractivity contribution in [3.8, 4) is 5.75 Å². The average molecular weight is 612 g/mol. The molecule has 0 spiro atoms. The normalized spacial score (nSPS) is 16.4. The Balaban J connectivity index is 1.80. The second kappa shape index (κ2) is 12.4. The number of ketones is 1. The number of ether oxygens (including phenoxy) is 2. The van der Waals surface area contributed by atoms with Crippen molar-refractivity contribution in [3.05, 3.63) is 92.9 Å². The molecule has 0 radical (unpaired) electrons. The summed E-state index contributed by atoms with van der Waals surface area (Å²) < 4.78 is 11.6. The molecule has 1 aliphatic heterocycles. The van der Waals surface area contributed by atoms with Gasteiger partial charge >= 0.3 is 11.9 Å². The van der Waals surface area contributed by atoms with Crippen LogP contribution in [0, 0.1) is 6.92 Å². The molecule has 3 aromatic rings. The quantitative estimate of drug-likeness (QED) is 0.0710. The number of anilines is 1. The number of esters is 1. The highest BCUT2D eigenvalue weighted by Crippen LogP contribution is 2.44. The van der Waals surface area contributed by atoms with Gasteiger partial charge in [-0.05, 0) is 55.3 Å². The minimum atomic E-state index is -0.981. The van der Waals surface area contributed by atoms with E-state index in [1.54, 1.807) is 49.4 Å².